The first kappa shape index (κ1) is 16.0. The fourth-order valence-electron chi connectivity index (χ4n) is 2.20. The number of benzene rings is 2. The molecule has 0 saturated carbocycles. The summed E-state index contributed by atoms with van der Waals surface area (Å²) in [5.41, 5.74) is 1.85. The molecule has 3 rings (SSSR count). The number of nitro benzene ring substituents is 1. The van der Waals surface area contributed by atoms with E-state index >= 15 is 0 Å². The van der Waals surface area contributed by atoms with E-state index in [1.807, 2.05) is 30.3 Å². The van der Waals surface area contributed by atoms with Gasteiger partial charge in [0.25, 0.3) is 5.69 Å². The summed E-state index contributed by atoms with van der Waals surface area (Å²) >= 11 is 12.0. The van der Waals surface area contributed by atoms with Crippen LogP contribution in [0.15, 0.2) is 36.4 Å². The highest BCUT2D eigenvalue weighted by Crippen LogP contribution is 2.35. The van der Waals surface area contributed by atoms with Crippen LogP contribution in [0, 0.1) is 21.4 Å². The highest BCUT2D eigenvalue weighted by molar-refractivity contribution is 6.44. The molecule has 6 nitrogen and oxygen atoms in total. The fourth-order valence-corrected chi connectivity index (χ4v) is 2.65. The van der Waals surface area contributed by atoms with Crippen molar-refractivity contribution in [1.29, 1.82) is 5.26 Å². The summed E-state index contributed by atoms with van der Waals surface area (Å²) in [5, 5.41) is 20.1. The van der Waals surface area contributed by atoms with Crippen LogP contribution in [-0.4, -0.2) is 14.9 Å². The van der Waals surface area contributed by atoms with E-state index in [0.717, 1.165) is 11.0 Å². The zero-order valence-electron chi connectivity index (χ0n) is 12.0. The van der Waals surface area contributed by atoms with Gasteiger partial charge in [-0.2, -0.15) is 5.26 Å². The summed E-state index contributed by atoms with van der Waals surface area (Å²) < 4.78 is 0. The van der Waals surface area contributed by atoms with Crippen molar-refractivity contribution >= 4 is 51.6 Å². The van der Waals surface area contributed by atoms with Crippen molar-refractivity contribution in [3.05, 3.63) is 67.9 Å². The maximum Gasteiger partial charge on any atom is 0.289 e. The first-order valence-corrected chi connectivity index (χ1v) is 7.46. The van der Waals surface area contributed by atoms with Crippen LogP contribution in [0.2, 0.25) is 10.0 Å². The molecule has 8 heteroatoms. The lowest BCUT2D eigenvalue weighted by atomic mass is 10.1. The monoisotopic (exact) mass is 358 g/mol. The van der Waals surface area contributed by atoms with Crippen LogP contribution in [0.3, 0.4) is 0 Å². The Bertz CT molecular complexity index is 1000. The maximum absolute atomic E-state index is 10.9. The smallest absolute Gasteiger partial charge is 0.289 e. The average Bonchev–Trinajstić information content (AvgIpc) is 2.99. The van der Waals surface area contributed by atoms with Crippen molar-refractivity contribution in [2.75, 3.05) is 0 Å². The molecule has 0 aliphatic carbocycles. The molecule has 0 unspecified atom stereocenters. The normalized spacial score (nSPS) is 11.5. The SMILES string of the molecule is N#C/C(=C\c1ccc([N+](=O)[O-])c(Cl)c1Cl)c1nc2ccccc2[nH]1. The minimum atomic E-state index is -0.619. The van der Waals surface area contributed by atoms with Gasteiger partial charge in [0.15, 0.2) is 0 Å². The number of allylic oxidation sites excluding steroid dienone is 1. The van der Waals surface area contributed by atoms with Crippen LogP contribution in [-0.2, 0) is 0 Å². The summed E-state index contributed by atoms with van der Waals surface area (Å²) in [6, 6.07) is 12.1. The first-order valence-electron chi connectivity index (χ1n) is 6.70. The molecule has 1 N–H and O–H groups in total. The van der Waals surface area contributed by atoms with E-state index in [9.17, 15) is 15.4 Å². The molecule has 3 aromatic rings. The quantitative estimate of drug-likeness (QED) is 0.411. The number of nitriles is 1. The Hall–Kier alpha value is -2.88. The number of nitro groups is 1. The molecule has 0 saturated heterocycles. The Morgan fingerprint density at radius 2 is 2.00 bits per heavy atom. The Labute approximate surface area is 146 Å². The number of aromatic amines is 1. The molecule has 0 aliphatic heterocycles. The molecule has 118 valence electrons. The number of H-pyrrole nitrogens is 1. The van der Waals surface area contributed by atoms with E-state index < -0.39 is 4.92 Å². The Balaban J connectivity index is 2.10. The first-order chi connectivity index (χ1) is 11.5. The number of halogens is 2. The molecule has 24 heavy (non-hydrogen) atoms. The predicted molar refractivity (Wildman–Crippen MR) is 92.7 cm³/mol. The molecule has 0 amide bonds. The highest BCUT2D eigenvalue weighted by Gasteiger charge is 2.18. The lowest BCUT2D eigenvalue weighted by Crippen LogP contribution is -1.91. The molecule has 0 atom stereocenters. The van der Waals surface area contributed by atoms with Crippen LogP contribution < -0.4 is 0 Å². The molecular formula is C16H8Cl2N4O2. The van der Waals surface area contributed by atoms with Crippen molar-refractivity contribution in [3.63, 3.8) is 0 Å². The zero-order chi connectivity index (χ0) is 17.3. The van der Waals surface area contributed by atoms with E-state index in [2.05, 4.69) is 9.97 Å². The average molecular weight is 359 g/mol. The number of nitrogens with one attached hydrogen (secondary N) is 1. The van der Waals surface area contributed by atoms with Crippen LogP contribution in [0.1, 0.15) is 11.4 Å². The van der Waals surface area contributed by atoms with Crippen LogP contribution >= 0.6 is 23.2 Å². The van der Waals surface area contributed by atoms with Gasteiger partial charge >= 0.3 is 0 Å². The molecular weight excluding hydrogens is 351 g/mol. The third kappa shape index (κ3) is 2.83. The Kier molecular flexibility index (Phi) is 4.21. The van der Waals surface area contributed by atoms with Crippen molar-refractivity contribution in [2.24, 2.45) is 0 Å². The Morgan fingerprint density at radius 3 is 2.67 bits per heavy atom. The van der Waals surface area contributed by atoms with Crippen molar-refractivity contribution in [2.45, 2.75) is 0 Å². The van der Waals surface area contributed by atoms with Gasteiger partial charge < -0.3 is 4.98 Å². The third-order valence-corrected chi connectivity index (χ3v) is 4.24. The third-order valence-electron chi connectivity index (χ3n) is 3.35. The number of hydrogen-bond donors (Lipinski definition) is 1. The van der Waals surface area contributed by atoms with E-state index in [4.69, 9.17) is 23.2 Å². The van der Waals surface area contributed by atoms with Gasteiger partial charge in [-0.3, -0.25) is 10.1 Å². The number of para-hydroxylation sites is 2. The van der Waals surface area contributed by atoms with Crippen LogP contribution in [0.4, 0.5) is 5.69 Å². The van der Waals surface area contributed by atoms with Crippen LogP contribution in [0.25, 0.3) is 22.7 Å². The summed E-state index contributed by atoms with van der Waals surface area (Å²) in [5.74, 6) is 0.379. The van der Waals surface area contributed by atoms with Gasteiger partial charge in [-0.25, -0.2) is 4.98 Å². The summed E-state index contributed by atoms with van der Waals surface area (Å²) in [4.78, 5) is 17.6. The van der Waals surface area contributed by atoms with Crippen LogP contribution in [0.5, 0.6) is 0 Å². The second-order valence-electron chi connectivity index (χ2n) is 4.83. The second-order valence-corrected chi connectivity index (χ2v) is 5.59. The largest absolute Gasteiger partial charge is 0.337 e. The lowest BCUT2D eigenvalue weighted by Gasteiger charge is -2.03. The number of fused-ring (bicyclic) bond motifs is 1. The van der Waals surface area contributed by atoms with Gasteiger partial charge in [0.2, 0.25) is 0 Å². The number of rotatable bonds is 3. The molecule has 0 bridgehead atoms. The fraction of sp³-hybridized carbons (Fsp3) is 0. The summed E-state index contributed by atoms with van der Waals surface area (Å²) in [7, 11) is 0. The maximum atomic E-state index is 10.9. The topological polar surface area (TPSA) is 95.6 Å². The van der Waals surface area contributed by atoms with Gasteiger partial charge in [-0.05, 0) is 29.8 Å². The van der Waals surface area contributed by atoms with Gasteiger partial charge in [-0.1, -0.05) is 35.3 Å². The summed E-state index contributed by atoms with van der Waals surface area (Å²) in [6.45, 7) is 0. The molecule has 2 aromatic carbocycles. The number of nitrogens with zero attached hydrogens (tertiary/aromatic N) is 3. The zero-order valence-corrected chi connectivity index (χ0v) is 13.5. The molecule has 0 fully saturated rings. The molecule has 0 spiro atoms. The van der Waals surface area contributed by atoms with E-state index in [-0.39, 0.29) is 21.3 Å². The van der Waals surface area contributed by atoms with Gasteiger partial charge in [0.1, 0.15) is 16.9 Å². The predicted octanol–water partition coefficient (Wildman–Crippen LogP) is 4.84. The molecule has 1 aromatic heterocycles. The minimum absolute atomic E-state index is 0.00901. The van der Waals surface area contributed by atoms with E-state index in [1.54, 1.807) is 0 Å². The minimum Gasteiger partial charge on any atom is -0.337 e. The van der Waals surface area contributed by atoms with Crippen molar-refractivity contribution < 1.29 is 4.92 Å². The van der Waals surface area contributed by atoms with Gasteiger partial charge in [0, 0.05) is 6.07 Å². The highest BCUT2D eigenvalue weighted by atomic mass is 35.5. The number of imidazole rings is 1. The van der Waals surface area contributed by atoms with Gasteiger partial charge in [0.05, 0.1) is 26.6 Å². The number of hydrogen-bond acceptors (Lipinski definition) is 4. The lowest BCUT2D eigenvalue weighted by molar-refractivity contribution is -0.384. The Morgan fingerprint density at radius 1 is 1.25 bits per heavy atom. The van der Waals surface area contributed by atoms with Gasteiger partial charge in [-0.15, -0.1) is 0 Å². The number of aromatic nitrogens is 2. The van der Waals surface area contributed by atoms with Crippen molar-refractivity contribution in [3.8, 4) is 6.07 Å². The standard InChI is InChI=1S/C16H8Cl2N4O2/c17-14-9(5-6-13(15(14)18)22(23)24)7-10(8-19)16-20-11-3-1-2-4-12(11)21-16/h1-7H,(H,20,21)/b10-7+. The van der Waals surface area contributed by atoms with E-state index in [0.29, 0.717) is 11.4 Å². The molecule has 0 radical (unpaired) electrons. The molecule has 0 aliphatic rings. The van der Waals surface area contributed by atoms with E-state index in [1.165, 1.54) is 18.2 Å². The second kappa shape index (κ2) is 6.32. The van der Waals surface area contributed by atoms with Crippen molar-refractivity contribution in [1.82, 2.24) is 9.97 Å². The molecule has 1 heterocycles. The summed E-state index contributed by atoms with van der Waals surface area (Å²) in [6.07, 6.45) is 1.48.